The molecule has 2 aliphatic heterocycles. The molecule has 2 fully saturated rings. The molecule has 3 atom stereocenters. The molecule has 3 unspecified atom stereocenters. The fourth-order valence-corrected chi connectivity index (χ4v) is 4.74. The Bertz CT molecular complexity index is 799. The number of hydrogen-bond donors (Lipinski definition) is 3. The van der Waals surface area contributed by atoms with Crippen LogP contribution in [-0.2, 0) is 6.54 Å². The van der Waals surface area contributed by atoms with E-state index in [0.717, 1.165) is 36.8 Å². The van der Waals surface area contributed by atoms with E-state index in [0.29, 0.717) is 23.6 Å². The van der Waals surface area contributed by atoms with Crippen LogP contribution in [0.2, 0.25) is 5.02 Å². The number of rotatable bonds is 5. The first-order valence-corrected chi connectivity index (χ1v) is 10.3. The minimum Gasteiger partial charge on any atom is -0.504 e. The SMILES string of the molecule is COc1ccc(CN2CCCC(C3NNCC3c3ccc(Cl)cc3)C2)cc1O. The van der Waals surface area contributed by atoms with E-state index >= 15 is 0 Å². The first-order valence-electron chi connectivity index (χ1n) is 9.96. The number of phenols is 1. The Morgan fingerprint density at radius 2 is 2.04 bits per heavy atom. The molecule has 2 aliphatic rings. The summed E-state index contributed by atoms with van der Waals surface area (Å²) in [4.78, 5) is 2.49. The molecule has 2 aromatic carbocycles. The molecule has 2 heterocycles. The number of nitrogens with zero attached hydrogens (tertiary/aromatic N) is 1. The van der Waals surface area contributed by atoms with Crippen molar-refractivity contribution >= 4 is 11.6 Å². The van der Waals surface area contributed by atoms with Crippen LogP contribution in [0.25, 0.3) is 0 Å². The molecule has 0 aliphatic carbocycles. The number of halogens is 1. The fourth-order valence-electron chi connectivity index (χ4n) is 4.62. The Kier molecular flexibility index (Phi) is 6.07. The van der Waals surface area contributed by atoms with Crippen LogP contribution in [0.5, 0.6) is 11.5 Å². The topological polar surface area (TPSA) is 56.8 Å². The number of likely N-dealkylation sites (tertiary alicyclic amines) is 1. The van der Waals surface area contributed by atoms with E-state index in [1.807, 2.05) is 30.3 Å². The largest absolute Gasteiger partial charge is 0.504 e. The molecule has 0 radical (unpaired) electrons. The van der Waals surface area contributed by atoms with Gasteiger partial charge in [-0.3, -0.25) is 15.8 Å². The smallest absolute Gasteiger partial charge is 0.160 e. The average Bonchev–Trinajstić information content (AvgIpc) is 3.19. The molecule has 2 aromatic rings. The van der Waals surface area contributed by atoms with Crippen molar-refractivity contribution in [2.45, 2.75) is 31.3 Å². The third kappa shape index (κ3) is 4.28. The van der Waals surface area contributed by atoms with E-state index in [9.17, 15) is 5.11 Å². The molecular formula is C22H28ClN3O2. The first kappa shape index (κ1) is 19.5. The molecule has 150 valence electrons. The highest BCUT2D eigenvalue weighted by molar-refractivity contribution is 6.30. The second kappa shape index (κ2) is 8.70. The van der Waals surface area contributed by atoms with Crippen molar-refractivity contribution in [1.29, 1.82) is 0 Å². The number of methoxy groups -OCH3 is 1. The zero-order valence-electron chi connectivity index (χ0n) is 16.2. The summed E-state index contributed by atoms with van der Waals surface area (Å²) in [6, 6.07) is 14.4. The zero-order valence-corrected chi connectivity index (χ0v) is 17.0. The maximum absolute atomic E-state index is 10.1. The fraction of sp³-hybridized carbons (Fsp3) is 0.455. The zero-order chi connectivity index (χ0) is 19.5. The lowest BCUT2D eigenvalue weighted by atomic mass is 9.81. The van der Waals surface area contributed by atoms with E-state index in [1.165, 1.54) is 18.4 Å². The van der Waals surface area contributed by atoms with Crippen molar-refractivity contribution in [2.75, 3.05) is 26.7 Å². The van der Waals surface area contributed by atoms with Crippen LogP contribution in [0.15, 0.2) is 42.5 Å². The summed E-state index contributed by atoms with van der Waals surface area (Å²) in [6.45, 7) is 3.93. The van der Waals surface area contributed by atoms with Crippen LogP contribution >= 0.6 is 11.6 Å². The number of benzene rings is 2. The van der Waals surface area contributed by atoms with Gasteiger partial charge in [-0.1, -0.05) is 29.8 Å². The van der Waals surface area contributed by atoms with Gasteiger partial charge in [-0.2, -0.15) is 0 Å². The number of ether oxygens (including phenoxy) is 1. The Labute approximate surface area is 171 Å². The van der Waals surface area contributed by atoms with Gasteiger partial charge in [0, 0.05) is 36.6 Å². The molecule has 28 heavy (non-hydrogen) atoms. The molecule has 6 heteroatoms. The van der Waals surface area contributed by atoms with Crippen LogP contribution in [0.3, 0.4) is 0 Å². The van der Waals surface area contributed by atoms with Gasteiger partial charge >= 0.3 is 0 Å². The van der Waals surface area contributed by atoms with Crippen molar-refractivity contribution in [1.82, 2.24) is 15.8 Å². The van der Waals surface area contributed by atoms with Crippen LogP contribution in [0, 0.1) is 5.92 Å². The third-order valence-corrected chi connectivity index (χ3v) is 6.27. The Balaban J connectivity index is 1.43. The molecule has 4 rings (SSSR count). The lowest BCUT2D eigenvalue weighted by molar-refractivity contribution is 0.139. The maximum Gasteiger partial charge on any atom is 0.160 e. The van der Waals surface area contributed by atoms with Gasteiger partial charge in [0.25, 0.3) is 0 Å². The molecule has 2 saturated heterocycles. The van der Waals surface area contributed by atoms with Gasteiger partial charge in [0.05, 0.1) is 7.11 Å². The van der Waals surface area contributed by atoms with E-state index in [4.69, 9.17) is 16.3 Å². The Hall–Kier alpha value is -1.79. The summed E-state index contributed by atoms with van der Waals surface area (Å²) in [5.74, 6) is 1.76. The first-order chi connectivity index (χ1) is 13.6. The summed E-state index contributed by atoms with van der Waals surface area (Å²) in [5, 5.41) is 10.8. The molecule has 3 N–H and O–H groups in total. The number of piperidine rings is 1. The third-order valence-electron chi connectivity index (χ3n) is 6.02. The van der Waals surface area contributed by atoms with Crippen LogP contribution in [0.1, 0.15) is 29.9 Å². The maximum atomic E-state index is 10.1. The Morgan fingerprint density at radius 1 is 1.21 bits per heavy atom. The lowest BCUT2D eigenvalue weighted by Crippen LogP contribution is -2.46. The number of aromatic hydroxyl groups is 1. The highest BCUT2D eigenvalue weighted by atomic mass is 35.5. The van der Waals surface area contributed by atoms with Crippen LogP contribution in [0.4, 0.5) is 0 Å². The molecule has 0 aromatic heterocycles. The van der Waals surface area contributed by atoms with Gasteiger partial charge in [-0.05, 0) is 60.7 Å². The van der Waals surface area contributed by atoms with Gasteiger partial charge in [0.2, 0.25) is 0 Å². The molecule has 0 spiro atoms. The van der Waals surface area contributed by atoms with E-state index in [1.54, 1.807) is 7.11 Å². The number of nitrogens with one attached hydrogen (secondary N) is 2. The van der Waals surface area contributed by atoms with Crippen molar-refractivity contribution in [3.63, 3.8) is 0 Å². The van der Waals surface area contributed by atoms with E-state index in [2.05, 4.69) is 27.9 Å². The molecule has 0 saturated carbocycles. The van der Waals surface area contributed by atoms with Crippen molar-refractivity contribution < 1.29 is 9.84 Å². The van der Waals surface area contributed by atoms with Gasteiger partial charge in [0.1, 0.15) is 0 Å². The van der Waals surface area contributed by atoms with Crippen molar-refractivity contribution in [3.05, 3.63) is 58.6 Å². The molecule has 5 nitrogen and oxygen atoms in total. The summed E-state index contributed by atoms with van der Waals surface area (Å²) in [6.07, 6.45) is 2.42. The minimum absolute atomic E-state index is 0.207. The second-order valence-corrected chi connectivity index (χ2v) is 8.29. The lowest BCUT2D eigenvalue weighted by Gasteiger charge is -2.37. The predicted molar refractivity (Wildman–Crippen MR) is 112 cm³/mol. The second-order valence-electron chi connectivity index (χ2n) is 7.85. The van der Waals surface area contributed by atoms with Gasteiger partial charge in [-0.25, -0.2) is 0 Å². The van der Waals surface area contributed by atoms with Gasteiger partial charge in [0.15, 0.2) is 11.5 Å². The van der Waals surface area contributed by atoms with Crippen LogP contribution < -0.4 is 15.6 Å². The molecule has 0 bridgehead atoms. The molecular weight excluding hydrogens is 374 g/mol. The summed E-state index contributed by atoms with van der Waals surface area (Å²) < 4.78 is 5.15. The summed E-state index contributed by atoms with van der Waals surface area (Å²) in [7, 11) is 1.57. The number of hydrogen-bond acceptors (Lipinski definition) is 5. The highest BCUT2D eigenvalue weighted by Crippen LogP contribution is 2.33. The number of phenolic OH excluding ortho intramolecular Hbond substituents is 1. The normalized spacial score (nSPS) is 25.7. The van der Waals surface area contributed by atoms with Gasteiger partial charge in [-0.15, -0.1) is 0 Å². The quantitative estimate of drug-likeness (QED) is 0.715. The number of hydrazine groups is 1. The van der Waals surface area contributed by atoms with Gasteiger partial charge < -0.3 is 9.84 Å². The highest BCUT2D eigenvalue weighted by Gasteiger charge is 2.36. The summed E-state index contributed by atoms with van der Waals surface area (Å²) in [5.41, 5.74) is 9.35. The van der Waals surface area contributed by atoms with Crippen LogP contribution in [-0.4, -0.2) is 42.8 Å². The predicted octanol–water partition coefficient (Wildman–Crippen LogP) is 3.53. The van der Waals surface area contributed by atoms with E-state index in [-0.39, 0.29) is 5.75 Å². The van der Waals surface area contributed by atoms with Crippen molar-refractivity contribution in [2.24, 2.45) is 5.92 Å². The Morgan fingerprint density at radius 3 is 2.79 bits per heavy atom. The minimum atomic E-state index is 0.207. The average molecular weight is 402 g/mol. The molecule has 0 amide bonds. The standard InChI is InChI=1S/C22H28ClN3O2/c1-28-21-9-4-15(11-20(21)27)13-26-10-2-3-17(14-26)22-19(12-24-25-22)16-5-7-18(23)8-6-16/h4-9,11,17,19,22,24-25,27H,2-3,10,12-14H2,1H3. The summed E-state index contributed by atoms with van der Waals surface area (Å²) >= 11 is 6.07. The van der Waals surface area contributed by atoms with E-state index < -0.39 is 0 Å². The van der Waals surface area contributed by atoms with Crippen molar-refractivity contribution in [3.8, 4) is 11.5 Å². The monoisotopic (exact) mass is 401 g/mol.